The van der Waals surface area contributed by atoms with Gasteiger partial charge in [-0.2, -0.15) is 13.2 Å². The van der Waals surface area contributed by atoms with Gasteiger partial charge in [-0.25, -0.2) is 4.79 Å². The number of nitrogens with one attached hydrogen (secondary N) is 1. The van der Waals surface area contributed by atoms with Gasteiger partial charge in [0, 0.05) is 6.54 Å². The van der Waals surface area contributed by atoms with Gasteiger partial charge in [0.2, 0.25) is 0 Å². The van der Waals surface area contributed by atoms with Gasteiger partial charge in [-0.15, -0.1) is 0 Å². The van der Waals surface area contributed by atoms with Crippen molar-refractivity contribution in [3.63, 3.8) is 0 Å². The lowest BCUT2D eigenvalue weighted by molar-refractivity contribution is -0.160. The molecule has 0 saturated heterocycles. The van der Waals surface area contributed by atoms with E-state index in [0.29, 0.717) is 12.8 Å². The average molecular weight is 272 g/mol. The zero-order valence-corrected chi connectivity index (χ0v) is 9.50. The second kappa shape index (κ2) is 7.75. The Balaban J connectivity index is 3.49. The van der Waals surface area contributed by atoms with Crippen LogP contribution in [0.15, 0.2) is 0 Å². The molecule has 0 radical (unpaired) electrons. The normalized spacial score (nSPS) is 12.9. The predicted molar refractivity (Wildman–Crippen MR) is 54.9 cm³/mol. The standard InChI is InChI=1S/C9H15F3N2O4/c10-9(11,12)5-18-8(17)14-4-2-1-3-6(13)7(15)16/h6H,1-5,13H2,(H,14,17)(H,15,16)/t6-/m0/s1. The van der Waals surface area contributed by atoms with Crippen LogP contribution in [0, 0.1) is 0 Å². The number of aliphatic carboxylic acids is 1. The summed E-state index contributed by atoms with van der Waals surface area (Å²) in [5, 5.41) is 10.6. The van der Waals surface area contributed by atoms with Crippen LogP contribution >= 0.6 is 0 Å². The Hall–Kier alpha value is -1.51. The lowest BCUT2D eigenvalue weighted by atomic mass is 10.1. The van der Waals surface area contributed by atoms with E-state index >= 15 is 0 Å². The van der Waals surface area contributed by atoms with Gasteiger partial charge in [0.25, 0.3) is 0 Å². The third-order valence-electron chi connectivity index (χ3n) is 1.90. The topological polar surface area (TPSA) is 102 Å². The molecule has 6 nitrogen and oxygen atoms in total. The lowest BCUT2D eigenvalue weighted by Gasteiger charge is -2.09. The van der Waals surface area contributed by atoms with Gasteiger partial charge in [-0.3, -0.25) is 4.79 Å². The number of alkyl halides is 3. The van der Waals surface area contributed by atoms with Crippen molar-refractivity contribution in [1.82, 2.24) is 5.32 Å². The first-order chi connectivity index (χ1) is 8.22. The van der Waals surface area contributed by atoms with Gasteiger partial charge in [0.05, 0.1) is 0 Å². The SMILES string of the molecule is N[C@@H](CCCCNC(=O)OCC(F)(F)F)C(=O)O. The molecule has 0 aromatic rings. The molecule has 0 aliphatic carbocycles. The van der Waals surface area contributed by atoms with Crippen LogP contribution in [0.4, 0.5) is 18.0 Å². The van der Waals surface area contributed by atoms with Gasteiger partial charge >= 0.3 is 18.2 Å². The molecule has 18 heavy (non-hydrogen) atoms. The molecule has 0 aromatic heterocycles. The first kappa shape index (κ1) is 16.5. The zero-order valence-electron chi connectivity index (χ0n) is 9.50. The summed E-state index contributed by atoms with van der Waals surface area (Å²) in [6.07, 6.45) is -4.63. The Morgan fingerprint density at radius 3 is 2.44 bits per heavy atom. The molecule has 0 fully saturated rings. The Morgan fingerprint density at radius 1 is 1.33 bits per heavy atom. The highest BCUT2D eigenvalue weighted by Crippen LogP contribution is 2.14. The number of ether oxygens (including phenoxy) is 1. The molecule has 0 unspecified atom stereocenters. The highest BCUT2D eigenvalue weighted by Gasteiger charge is 2.29. The molecule has 0 spiro atoms. The number of carboxylic acids is 1. The second-order valence-corrected chi connectivity index (χ2v) is 3.56. The van der Waals surface area contributed by atoms with Gasteiger partial charge in [-0.05, 0) is 19.3 Å². The van der Waals surface area contributed by atoms with E-state index in [4.69, 9.17) is 10.8 Å². The predicted octanol–water partition coefficient (Wildman–Crippen LogP) is 0.857. The Kier molecular flexibility index (Phi) is 7.10. The van der Waals surface area contributed by atoms with Crippen LogP contribution < -0.4 is 11.1 Å². The first-order valence-electron chi connectivity index (χ1n) is 5.18. The summed E-state index contributed by atoms with van der Waals surface area (Å²) in [7, 11) is 0. The molecule has 9 heteroatoms. The first-order valence-corrected chi connectivity index (χ1v) is 5.18. The molecule has 1 atom stereocenters. The summed E-state index contributed by atoms with van der Waals surface area (Å²) >= 11 is 0. The Labute approximate surface area is 101 Å². The number of carbonyl (C=O) groups excluding carboxylic acids is 1. The fourth-order valence-corrected chi connectivity index (χ4v) is 1.00. The largest absolute Gasteiger partial charge is 0.480 e. The number of nitrogens with two attached hydrogens (primary N) is 1. The van der Waals surface area contributed by atoms with Crippen molar-refractivity contribution in [2.75, 3.05) is 13.2 Å². The number of hydrogen-bond donors (Lipinski definition) is 3. The van der Waals surface area contributed by atoms with E-state index < -0.39 is 30.9 Å². The average Bonchev–Trinajstić information content (AvgIpc) is 2.24. The van der Waals surface area contributed by atoms with Gasteiger partial charge in [-0.1, -0.05) is 0 Å². The Bertz CT molecular complexity index is 283. The summed E-state index contributed by atoms with van der Waals surface area (Å²) in [5.74, 6) is -1.12. The third-order valence-corrected chi connectivity index (χ3v) is 1.90. The van der Waals surface area contributed by atoms with Gasteiger partial charge in [0.1, 0.15) is 6.04 Å². The van der Waals surface area contributed by atoms with Gasteiger partial charge in [0.15, 0.2) is 6.61 Å². The number of carbonyl (C=O) groups is 2. The van der Waals surface area contributed by atoms with Crippen LogP contribution in [0.25, 0.3) is 0 Å². The number of halogens is 3. The van der Waals surface area contributed by atoms with Crippen molar-refractivity contribution < 1.29 is 32.6 Å². The molecule has 4 N–H and O–H groups in total. The molecular formula is C9H15F3N2O4. The summed E-state index contributed by atoms with van der Waals surface area (Å²) < 4.78 is 38.8. The number of amides is 1. The molecule has 106 valence electrons. The van der Waals surface area contributed by atoms with Crippen molar-refractivity contribution in [2.24, 2.45) is 5.73 Å². The van der Waals surface area contributed by atoms with E-state index in [1.807, 2.05) is 0 Å². The molecule has 0 bridgehead atoms. The van der Waals surface area contributed by atoms with Crippen LogP contribution in [-0.2, 0) is 9.53 Å². The van der Waals surface area contributed by atoms with Crippen LogP contribution in [-0.4, -0.2) is 42.5 Å². The molecular weight excluding hydrogens is 257 g/mol. The fourth-order valence-electron chi connectivity index (χ4n) is 1.00. The van der Waals surface area contributed by atoms with Crippen LogP contribution in [0.1, 0.15) is 19.3 Å². The van der Waals surface area contributed by atoms with Crippen molar-refractivity contribution in [3.05, 3.63) is 0 Å². The smallest absolute Gasteiger partial charge is 0.422 e. The van der Waals surface area contributed by atoms with Crippen LogP contribution in [0.3, 0.4) is 0 Å². The van der Waals surface area contributed by atoms with E-state index in [1.165, 1.54) is 0 Å². The number of alkyl carbamates (subject to hydrolysis) is 1. The quantitative estimate of drug-likeness (QED) is 0.596. The minimum Gasteiger partial charge on any atom is -0.480 e. The number of carboxylic acid groups (broad SMARTS) is 1. The second-order valence-electron chi connectivity index (χ2n) is 3.56. The van der Waals surface area contributed by atoms with E-state index in [1.54, 1.807) is 0 Å². The number of hydrogen-bond acceptors (Lipinski definition) is 4. The van der Waals surface area contributed by atoms with E-state index in [9.17, 15) is 22.8 Å². The molecule has 0 aromatic carbocycles. The van der Waals surface area contributed by atoms with E-state index in [0.717, 1.165) is 0 Å². The highest BCUT2D eigenvalue weighted by molar-refractivity contribution is 5.72. The minimum absolute atomic E-state index is 0.100. The third kappa shape index (κ3) is 9.70. The maximum atomic E-state index is 11.6. The van der Waals surface area contributed by atoms with Crippen molar-refractivity contribution in [1.29, 1.82) is 0 Å². The van der Waals surface area contributed by atoms with Crippen molar-refractivity contribution >= 4 is 12.1 Å². The molecule has 0 aliphatic heterocycles. The molecule has 0 heterocycles. The summed E-state index contributed by atoms with van der Waals surface area (Å²) in [6.45, 7) is -1.54. The van der Waals surface area contributed by atoms with E-state index in [-0.39, 0.29) is 13.0 Å². The Morgan fingerprint density at radius 2 is 1.94 bits per heavy atom. The van der Waals surface area contributed by atoms with Gasteiger partial charge < -0.3 is 20.9 Å². The summed E-state index contributed by atoms with van der Waals surface area (Å²) in [4.78, 5) is 21.1. The molecule has 0 saturated carbocycles. The summed E-state index contributed by atoms with van der Waals surface area (Å²) in [6, 6.07) is -0.970. The number of unbranched alkanes of at least 4 members (excludes halogenated alkanes) is 1. The lowest BCUT2D eigenvalue weighted by Crippen LogP contribution is -2.31. The highest BCUT2D eigenvalue weighted by atomic mass is 19.4. The maximum absolute atomic E-state index is 11.6. The zero-order chi connectivity index (χ0) is 14.2. The van der Waals surface area contributed by atoms with E-state index in [2.05, 4.69) is 10.1 Å². The molecule has 1 amide bonds. The fraction of sp³-hybridized carbons (Fsp3) is 0.778. The molecule has 0 aliphatic rings. The molecule has 0 rings (SSSR count). The van der Waals surface area contributed by atoms with Crippen molar-refractivity contribution in [2.45, 2.75) is 31.5 Å². The van der Waals surface area contributed by atoms with Crippen LogP contribution in [0.2, 0.25) is 0 Å². The van der Waals surface area contributed by atoms with Crippen molar-refractivity contribution in [3.8, 4) is 0 Å². The van der Waals surface area contributed by atoms with Crippen LogP contribution in [0.5, 0.6) is 0 Å². The maximum Gasteiger partial charge on any atom is 0.422 e. The summed E-state index contributed by atoms with van der Waals surface area (Å²) in [5.41, 5.74) is 5.22. The number of rotatable bonds is 7. The monoisotopic (exact) mass is 272 g/mol. The minimum atomic E-state index is -4.55.